The second-order valence-electron chi connectivity index (χ2n) is 8.10. The van der Waals surface area contributed by atoms with Crippen molar-refractivity contribution in [2.45, 2.75) is 45.1 Å². The van der Waals surface area contributed by atoms with E-state index in [-0.39, 0.29) is 11.9 Å². The number of hydrogen-bond acceptors (Lipinski definition) is 6. The summed E-state index contributed by atoms with van der Waals surface area (Å²) in [6, 6.07) is 13.7. The third-order valence-electron chi connectivity index (χ3n) is 6.01. The van der Waals surface area contributed by atoms with Gasteiger partial charge in [-0.05, 0) is 81.0 Å². The summed E-state index contributed by atoms with van der Waals surface area (Å²) in [7, 11) is 3.28. The molecule has 1 aromatic heterocycles. The van der Waals surface area contributed by atoms with Gasteiger partial charge >= 0.3 is 0 Å². The predicted octanol–water partition coefficient (Wildman–Crippen LogP) is 4.69. The molecule has 7 heteroatoms. The van der Waals surface area contributed by atoms with Crippen molar-refractivity contribution >= 4 is 5.91 Å². The SMILES string of the molecule is COc1ccc(CCC2CCCCN2C(=O)c2ccc(-c3nc(C)no3)cc2)cc1OC. The molecule has 168 valence electrons. The molecule has 3 aromatic rings. The first-order valence-electron chi connectivity index (χ1n) is 11.0. The summed E-state index contributed by atoms with van der Waals surface area (Å²) >= 11 is 0. The van der Waals surface area contributed by atoms with Crippen molar-refractivity contribution in [3.8, 4) is 23.0 Å². The number of methoxy groups -OCH3 is 2. The van der Waals surface area contributed by atoms with Crippen LogP contribution in [0.15, 0.2) is 47.0 Å². The summed E-state index contributed by atoms with van der Waals surface area (Å²) in [4.78, 5) is 19.6. The van der Waals surface area contributed by atoms with Gasteiger partial charge in [0.15, 0.2) is 17.3 Å². The summed E-state index contributed by atoms with van der Waals surface area (Å²) in [6.07, 6.45) is 5.01. The van der Waals surface area contributed by atoms with Gasteiger partial charge in [-0.1, -0.05) is 11.2 Å². The summed E-state index contributed by atoms with van der Waals surface area (Å²) < 4.78 is 16.0. The Kier molecular flexibility index (Phi) is 6.73. The second-order valence-corrected chi connectivity index (χ2v) is 8.10. The first-order valence-corrected chi connectivity index (χ1v) is 11.0. The monoisotopic (exact) mass is 435 g/mol. The zero-order valence-corrected chi connectivity index (χ0v) is 18.8. The summed E-state index contributed by atoms with van der Waals surface area (Å²) in [5.41, 5.74) is 2.67. The van der Waals surface area contributed by atoms with Crippen molar-refractivity contribution in [3.05, 3.63) is 59.4 Å². The average molecular weight is 436 g/mol. The molecule has 1 aliphatic rings. The van der Waals surface area contributed by atoms with Crippen LogP contribution in [-0.4, -0.2) is 47.8 Å². The predicted molar refractivity (Wildman–Crippen MR) is 121 cm³/mol. The molecule has 0 bridgehead atoms. The molecule has 0 radical (unpaired) electrons. The number of aromatic nitrogens is 2. The lowest BCUT2D eigenvalue weighted by Gasteiger charge is -2.36. The highest BCUT2D eigenvalue weighted by atomic mass is 16.5. The third kappa shape index (κ3) is 4.77. The number of amides is 1. The van der Waals surface area contributed by atoms with E-state index < -0.39 is 0 Å². The molecule has 1 unspecified atom stereocenters. The van der Waals surface area contributed by atoms with Gasteiger partial charge < -0.3 is 18.9 Å². The van der Waals surface area contributed by atoms with Gasteiger partial charge in [0, 0.05) is 23.7 Å². The largest absolute Gasteiger partial charge is 0.493 e. The van der Waals surface area contributed by atoms with Crippen molar-refractivity contribution in [2.75, 3.05) is 20.8 Å². The molecule has 1 saturated heterocycles. The minimum absolute atomic E-state index is 0.0790. The maximum absolute atomic E-state index is 13.3. The van der Waals surface area contributed by atoms with Gasteiger partial charge in [-0.25, -0.2) is 0 Å². The van der Waals surface area contributed by atoms with E-state index in [9.17, 15) is 4.79 Å². The van der Waals surface area contributed by atoms with Crippen LogP contribution in [0.5, 0.6) is 11.5 Å². The fourth-order valence-electron chi connectivity index (χ4n) is 4.27. The fourth-order valence-corrected chi connectivity index (χ4v) is 4.27. The Morgan fingerprint density at radius 2 is 1.88 bits per heavy atom. The second kappa shape index (κ2) is 9.85. The molecule has 0 spiro atoms. The minimum Gasteiger partial charge on any atom is -0.493 e. The number of ether oxygens (including phenoxy) is 2. The van der Waals surface area contributed by atoms with Crippen molar-refractivity contribution < 1.29 is 18.8 Å². The number of hydrogen-bond donors (Lipinski definition) is 0. The Balaban J connectivity index is 1.44. The molecular formula is C25H29N3O4. The van der Waals surface area contributed by atoms with Gasteiger partial charge in [-0.3, -0.25) is 4.79 Å². The number of aryl methyl sites for hydroxylation is 2. The molecule has 32 heavy (non-hydrogen) atoms. The number of piperidine rings is 1. The molecule has 1 fully saturated rings. The number of rotatable bonds is 7. The minimum atomic E-state index is 0.0790. The van der Waals surface area contributed by atoms with Crippen LogP contribution >= 0.6 is 0 Å². The summed E-state index contributed by atoms with van der Waals surface area (Å²) in [5, 5.41) is 3.82. The summed E-state index contributed by atoms with van der Waals surface area (Å²) in [6.45, 7) is 2.57. The van der Waals surface area contributed by atoms with Crippen molar-refractivity contribution in [1.29, 1.82) is 0 Å². The van der Waals surface area contributed by atoms with Crippen LogP contribution in [0.4, 0.5) is 0 Å². The molecule has 1 aliphatic heterocycles. The quantitative estimate of drug-likeness (QED) is 0.536. The standard InChI is InChI=1S/C25H29N3O4/c1-17-26-24(32-27-17)19-9-11-20(12-10-19)25(29)28-15-5-4-6-21(28)13-7-18-8-14-22(30-2)23(16-18)31-3/h8-12,14,16,21H,4-7,13,15H2,1-3H3. The van der Waals surface area contributed by atoms with Gasteiger partial charge in [0.2, 0.25) is 0 Å². The molecule has 0 N–H and O–H groups in total. The van der Waals surface area contributed by atoms with Gasteiger partial charge in [0.25, 0.3) is 11.8 Å². The smallest absolute Gasteiger partial charge is 0.257 e. The number of likely N-dealkylation sites (tertiary alicyclic amines) is 1. The lowest BCUT2D eigenvalue weighted by atomic mass is 9.94. The van der Waals surface area contributed by atoms with E-state index in [1.807, 2.05) is 41.3 Å². The molecule has 0 aliphatic carbocycles. The van der Waals surface area contributed by atoms with Gasteiger partial charge in [0.05, 0.1) is 14.2 Å². The van der Waals surface area contributed by atoms with Crippen LogP contribution < -0.4 is 9.47 Å². The van der Waals surface area contributed by atoms with Crippen LogP contribution in [0.1, 0.15) is 47.4 Å². The normalized spacial score (nSPS) is 16.1. The Morgan fingerprint density at radius 1 is 1.09 bits per heavy atom. The van der Waals surface area contributed by atoms with Crippen LogP contribution in [0, 0.1) is 6.92 Å². The van der Waals surface area contributed by atoms with E-state index in [1.54, 1.807) is 21.1 Å². The molecule has 2 heterocycles. The van der Waals surface area contributed by atoms with Crippen LogP contribution in [0.2, 0.25) is 0 Å². The van der Waals surface area contributed by atoms with E-state index >= 15 is 0 Å². The van der Waals surface area contributed by atoms with E-state index in [2.05, 4.69) is 16.2 Å². The molecule has 7 nitrogen and oxygen atoms in total. The number of carbonyl (C=O) groups is 1. The van der Waals surface area contributed by atoms with Crippen molar-refractivity contribution in [2.24, 2.45) is 0 Å². The molecule has 1 atom stereocenters. The molecule has 1 amide bonds. The first-order chi connectivity index (χ1) is 15.6. The maximum atomic E-state index is 13.3. The Bertz CT molecular complexity index is 1060. The molecule has 0 saturated carbocycles. The first kappa shape index (κ1) is 21.9. The number of benzene rings is 2. The molecule has 4 rings (SSSR count). The summed E-state index contributed by atoms with van der Waals surface area (Å²) in [5.74, 6) is 2.59. The van der Waals surface area contributed by atoms with E-state index in [1.165, 1.54) is 5.56 Å². The van der Waals surface area contributed by atoms with E-state index in [4.69, 9.17) is 14.0 Å². The van der Waals surface area contributed by atoms with Crippen LogP contribution in [0.3, 0.4) is 0 Å². The molecular weight excluding hydrogens is 406 g/mol. The van der Waals surface area contributed by atoms with Gasteiger partial charge in [-0.15, -0.1) is 0 Å². The Morgan fingerprint density at radius 3 is 2.56 bits per heavy atom. The van der Waals surface area contributed by atoms with Crippen molar-refractivity contribution in [3.63, 3.8) is 0 Å². The Hall–Kier alpha value is -3.35. The number of carbonyl (C=O) groups excluding carboxylic acids is 1. The highest BCUT2D eigenvalue weighted by Gasteiger charge is 2.27. The van der Waals surface area contributed by atoms with Gasteiger partial charge in [0.1, 0.15) is 0 Å². The van der Waals surface area contributed by atoms with Crippen LogP contribution in [-0.2, 0) is 6.42 Å². The van der Waals surface area contributed by atoms with Crippen molar-refractivity contribution in [1.82, 2.24) is 15.0 Å². The fraction of sp³-hybridized carbons (Fsp3) is 0.400. The lowest BCUT2D eigenvalue weighted by molar-refractivity contribution is 0.0602. The topological polar surface area (TPSA) is 77.7 Å². The van der Waals surface area contributed by atoms with E-state index in [0.29, 0.717) is 17.3 Å². The Labute approximate surface area is 188 Å². The molecule has 2 aromatic carbocycles. The zero-order valence-electron chi connectivity index (χ0n) is 18.8. The lowest BCUT2D eigenvalue weighted by Crippen LogP contribution is -2.44. The third-order valence-corrected chi connectivity index (χ3v) is 6.01. The maximum Gasteiger partial charge on any atom is 0.257 e. The highest BCUT2D eigenvalue weighted by Crippen LogP contribution is 2.29. The number of nitrogens with zero attached hydrogens (tertiary/aromatic N) is 3. The van der Waals surface area contributed by atoms with E-state index in [0.717, 1.165) is 55.7 Å². The van der Waals surface area contributed by atoms with Gasteiger partial charge in [-0.2, -0.15) is 4.98 Å². The zero-order chi connectivity index (χ0) is 22.5. The average Bonchev–Trinajstić information content (AvgIpc) is 3.28. The highest BCUT2D eigenvalue weighted by molar-refractivity contribution is 5.94. The van der Waals surface area contributed by atoms with Crippen LogP contribution in [0.25, 0.3) is 11.5 Å².